The Morgan fingerprint density at radius 1 is 1.25 bits per heavy atom. The second-order valence-corrected chi connectivity index (χ2v) is 2.77. The molecule has 0 atom stereocenters. The minimum atomic E-state index is 0.723. The van der Waals surface area contributed by atoms with Crippen molar-refractivity contribution >= 4 is 5.69 Å². The van der Waals surface area contributed by atoms with Crippen LogP contribution in [0.4, 0.5) is 5.69 Å². The fourth-order valence-corrected chi connectivity index (χ4v) is 1.16. The van der Waals surface area contributed by atoms with Crippen LogP contribution in [0.2, 0.25) is 0 Å². The first-order valence-corrected chi connectivity index (χ1v) is 4.39. The van der Waals surface area contributed by atoms with Crippen LogP contribution in [0.3, 0.4) is 0 Å². The highest BCUT2D eigenvalue weighted by Crippen LogP contribution is 2.08. The number of hydrogen-bond donors (Lipinski definition) is 2. The summed E-state index contributed by atoms with van der Waals surface area (Å²) in [7, 11) is 0. The van der Waals surface area contributed by atoms with Crippen LogP contribution in [0.25, 0.3) is 0 Å². The summed E-state index contributed by atoms with van der Waals surface area (Å²) in [5.41, 5.74) is 7.93. The summed E-state index contributed by atoms with van der Waals surface area (Å²) in [6.45, 7) is 3.78. The molecule has 0 saturated carbocycles. The van der Waals surface area contributed by atoms with Crippen molar-refractivity contribution in [2.45, 2.75) is 13.3 Å². The van der Waals surface area contributed by atoms with E-state index in [9.17, 15) is 0 Å². The molecule has 1 aromatic carbocycles. The van der Waals surface area contributed by atoms with Gasteiger partial charge in [-0.05, 0) is 37.6 Å². The fraction of sp³-hybridized carbons (Fsp3) is 0.400. The molecular formula is C10H16N2. The molecule has 1 aromatic rings. The van der Waals surface area contributed by atoms with Gasteiger partial charge in [0.05, 0.1) is 0 Å². The van der Waals surface area contributed by atoms with Gasteiger partial charge in [-0.1, -0.05) is 12.1 Å². The number of hydrogen-bond acceptors (Lipinski definition) is 2. The van der Waals surface area contributed by atoms with Crippen molar-refractivity contribution in [2.75, 3.05) is 18.4 Å². The molecule has 0 radical (unpaired) electrons. The predicted octanol–water partition coefficient (Wildman–Crippen LogP) is 1.62. The second kappa shape index (κ2) is 4.78. The Balaban J connectivity index is 2.58. The number of benzene rings is 1. The molecule has 0 spiro atoms. The fourth-order valence-electron chi connectivity index (χ4n) is 1.16. The maximum Gasteiger partial charge on any atom is 0.0340 e. The van der Waals surface area contributed by atoms with Gasteiger partial charge in [0.25, 0.3) is 0 Å². The molecule has 12 heavy (non-hydrogen) atoms. The smallest absolute Gasteiger partial charge is 0.0340 e. The van der Waals surface area contributed by atoms with E-state index in [0.29, 0.717) is 0 Å². The Morgan fingerprint density at radius 3 is 2.42 bits per heavy atom. The molecule has 0 unspecified atom stereocenters. The summed E-state index contributed by atoms with van der Waals surface area (Å²) in [5, 5.41) is 3.25. The monoisotopic (exact) mass is 164 g/mol. The highest BCUT2D eigenvalue weighted by Gasteiger charge is 1.91. The van der Waals surface area contributed by atoms with Crippen LogP contribution in [0.5, 0.6) is 0 Å². The van der Waals surface area contributed by atoms with E-state index in [2.05, 4.69) is 36.5 Å². The lowest BCUT2D eigenvalue weighted by Crippen LogP contribution is -2.02. The molecule has 3 N–H and O–H groups in total. The zero-order chi connectivity index (χ0) is 8.81. The van der Waals surface area contributed by atoms with Crippen LogP contribution < -0.4 is 11.1 Å². The SMILES string of the molecule is CCNc1ccc(CCN)cc1. The van der Waals surface area contributed by atoms with Crippen LogP contribution >= 0.6 is 0 Å². The predicted molar refractivity (Wildman–Crippen MR) is 53.4 cm³/mol. The molecule has 0 amide bonds. The summed E-state index contributed by atoms with van der Waals surface area (Å²) >= 11 is 0. The molecule has 0 saturated heterocycles. The van der Waals surface area contributed by atoms with Crippen molar-refractivity contribution in [2.24, 2.45) is 5.73 Å². The quantitative estimate of drug-likeness (QED) is 0.709. The topological polar surface area (TPSA) is 38.0 Å². The maximum absolute atomic E-state index is 5.44. The molecule has 0 fully saturated rings. The summed E-state index contributed by atoms with van der Waals surface area (Å²) in [5.74, 6) is 0. The first kappa shape index (κ1) is 9.07. The highest BCUT2D eigenvalue weighted by atomic mass is 14.8. The standard InChI is InChI=1S/C10H16N2/c1-2-12-10-5-3-9(4-6-10)7-8-11/h3-6,12H,2,7-8,11H2,1H3. The van der Waals surface area contributed by atoms with Crippen molar-refractivity contribution in [3.63, 3.8) is 0 Å². The van der Waals surface area contributed by atoms with E-state index in [-0.39, 0.29) is 0 Å². The Kier molecular flexibility index (Phi) is 3.61. The van der Waals surface area contributed by atoms with Gasteiger partial charge in [0, 0.05) is 12.2 Å². The lowest BCUT2D eigenvalue weighted by Gasteiger charge is -2.03. The zero-order valence-electron chi connectivity index (χ0n) is 7.51. The Morgan fingerprint density at radius 2 is 1.92 bits per heavy atom. The van der Waals surface area contributed by atoms with Crippen LogP contribution in [0.15, 0.2) is 24.3 Å². The van der Waals surface area contributed by atoms with Crippen molar-refractivity contribution in [1.29, 1.82) is 0 Å². The van der Waals surface area contributed by atoms with Crippen LogP contribution in [0, 0.1) is 0 Å². The first-order valence-electron chi connectivity index (χ1n) is 4.39. The zero-order valence-corrected chi connectivity index (χ0v) is 7.51. The molecule has 2 nitrogen and oxygen atoms in total. The minimum absolute atomic E-state index is 0.723. The number of anilines is 1. The number of nitrogens with one attached hydrogen (secondary N) is 1. The number of rotatable bonds is 4. The third-order valence-corrected chi connectivity index (χ3v) is 1.77. The summed E-state index contributed by atoms with van der Waals surface area (Å²) < 4.78 is 0. The molecule has 66 valence electrons. The Bertz CT molecular complexity index is 191. The minimum Gasteiger partial charge on any atom is -0.385 e. The van der Waals surface area contributed by atoms with Crippen molar-refractivity contribution in [3.8, 4) is 0 Å². The molecule has 0 aliphatic carbocycles. The second-order valence-electron chi connectivity index (χ2n) is 2.77. The van der Waals surface area contributed by atoms with E-state index in [1.165, 1.54) is 11.3 Å². The molecule has 0 aliphatic rings. The molecule has 2 heteroatoms. The van der Waals surface area contributed by atoms with Gasteiger partial charge >= 0.3 is 0 Å². The molecule has 0 aromatic heterocycles. The van der Waals surface area contributed by atoms with Gasteiger partial charge < -0.3 is 11.1 Å². The van der Waals surface area contributed by atoms with E-state index >= 15 is 0 Å². The van der Waals surface area contributed by atoms with Gasteiger partial charge in [0.1, 0.15) is 0 Å². The third kappa shape index (κ3) is 2.55. The summed E-state index contributed by atoms with van der Waals surface area (Å²) in [6.07, 6.45) is 0.965. The molecule has 0 aliphatic heterocycles. The van der Waals surface area contributed by atoms with E-state index < -0.39 is 0 Å². The van der Waals surface area contributed by atoms with Crippen LogP contribution in [0.1, 0.15) is 12.5 Å². The van der Waals surface area contributed by atoms with Gasteiger partial charge in [-0.2, -0.15) is 0 Å². The van der Waals surface area contributed by atoms with Crippen molar-refractivity contribution < 1.29 is 0 Å². The van der Waals surface area contributed by atoms with Crippen LogP contribution in [-0.4, -0.2) is 13.1 Å². The van der Waals surface area contributed by atoms with Gasteiger partial charge in [0.2, 0.25) is 0 Å². The molecule has 0 bridgehead atoms. The molecule has 1 rings (SSSR count). The Hall–Kier alpha value is -1.02. The number of nitrogens with two attached hydrogens (primary N) is 1. The van der Waals surface area contributed by atoms with Crippen molar-refractivity contribution in [3.05, 3.63) is 29.8 Å². The van der Waals surface area contributed by atoms with Crippen LogP contribution in [-0.2, 0) is 6.42 Å². The largest absolute Gasteiger partial charge is 0.385 e. The van der Waals surface area contributed by atoms with Gasteiger partial charge in [-0.15, -0.1) is 0 Å². The van der Waals surface area contributed by atoms with Gasteiger partial charge in [-0.25, -0.2) is 0 Å². The molecular weight excluding hydrogens is 148 g/mol. The summed E-state index contributed by atoms with van der Waals surface area (Å²) in [4.78, 5) is 0. The molecule has 0 heterocycles. The first-order chi connectivity index (χ1) is 5.86. The average Bonchev–Trinajstić information content (AvgIpc) is 2.09. The van der Waals surface area contributed by atoms with Crippen molar-refractivity contribution in [1.82, 2.24) is 0 Å². The average molecular weight is 164 g/mol. The third-order valence-electron chi connectivity index (χ3n) is 1.77. The van der Waals surface area contributed by atoms with Gasteiger partial charge in [0.15, 0.2) is 0 Å². The van der Waals surface area contributed by atoms with E-state index in [4.69, 9.17) is 5.73 Å². The normalized spacial score (nSPS) is 9.83. The van der Waals surface area contributed by atoms with Gasteiger partial charge in [-0.3, -0.25) is 0 Å². The van der Waals surface area contributed by atoms with E-state index in [0.717, 1.165) is 19.5 Å². The maximum atomic E-state index is 5.44. The summed E-state index contributed by atoms with van der Waals surface area (Å²) in [6, 6.07) is 8.42. The lowest BCUT2D eigenvalue weighted by molar-refractivity contribution is 0.969. The highest BCUT2D eigenvalue weighted by molar-refractivity contribution is 5.44. The van der Waals surface area contributed by atoms with E-state index in [1.807, 2.05) is 0 Å². The Labute approximate surface area is 73.8 Å². The van der Waals surface area contributed by atoms with E-state index in [1.54, 1.807) is 0 Å². The lowest BCUT2D eigenvalue weighted by atomic mass is 10.1.